The minimum atomic E-state index is -0.331. The number of rotatable bonds is 5. The number of hydrogen-bond donors (Lipinski definition) is 0. The first-order valence-corrected chi connectivity index (χ1v) is 10.1. The number of hydrogen-bond acceptors (Lipinski definition) is 8. The topological polar surface area (TPSA) is 90.2 Å². The molecule has 0 bridgehead atoms. The first-order valence-electron chi connectivity index (χ1n) is 7.73. The van der Waals surface area contributed by atoms with Crippen molar-refractivity contribution in [1.82, 2.24) is 25.1 Å². The molecular weight excluding hydrogens is 398 g/mol. The van der Waals surface area contributed by atoms with Gasteiger partial charge in [-0.15, -0.1) is 16.9 Å². The van der Waals surface area contributed by atoms with Crippen LogP contribution < -0.4 is 0 Å². The van der Waals surface area contributed by atoms with Crippen molar-refractivity contribution < 1.29 is 14.3 Å². The van der Waals surface area contributed by atoms with E-state index in [0.717, 1.165) is 5.69 Å². The van der Waals surface area contributed by atoms with Gasteiger partial charge in [0.25, 0.3) is 0 Å². The van der Waals surface area contributed by atoms with Crippen LogP contribution in [0.4, 0.5) is 0 Å². The molecule has 138 valence electrons. The van der Waals surface area contributed by atoms with Gasteiger partial charge < -0.3 is 9.64 Å². The Hall–Kier alpha value is -1.78. The third-order valence-corrected chi connectivity index (χ3v) is 6.04. The van der Waals surface area contributed by atoms with Gasteiger partial charge in [0, 0.05) is 23.9 Å². The lowest BCUT2D eigenvalue weighted by atomic mass is 10.3. The summed E-state index contributed by atoms with van der Waals surface area (Å²) in [5.41, 5.74) is 0.759. The number of aromatic nitrogens is 4. The van der Waals surface area contributed by atoms with Crippen molar-refractivity contribution >= 4 is 47.0 Å². The molecule has 0 N–H and O–H groups in total. The number of halogens is 1. The van der Waals surface area contributed by atoms with Gasteiger partial charge in [-0.25, -0.2) is 0 Å². The summed E-state index contributed by atoms with van der Waals surface area (Å²) in [6.07, 6.45) is 0. The lowest BCUT2D eigenvalue weighted by Gasteiger charge is -2.30. The molecule has 1 aromatic heterocycles. The second-order valence-corrected chi connectivity index (χ2v) is 8.05. The largest absolute Gasteiger partial charge is 0.468 e. The molecule has 0 unspecified atom stereocenters. The number of methoxy groups -OCH3 is 1. The van der Waals surface area contributed by atoms with Gasteiger partial charge in [0.1, 0.15) is 5.25 Å². The Kier molecular flexibility index (Phi) is 6.38. The van der Waals surface area contributed by atoms with E-state index in [1.807, 2.05) is 0 Å². The Bertz CT molecular complexity index is 786. The minimum absolute atomic E-state index is 0.0603. The van der Waals surface area contributed by atoms with Crippen molar-refractivity contribution in [2.24, 2.45) is 0 Å². The zero-order chi connectivity index (χ0) is 18.5. The van der Waals surface area contributed by atoms with E-state index in [-0.39, 0.29) is 22.9 Å². The third kappa shape index (κ3) is 4.49. The molecule has 2 aromatic rings. The minimum Gasteiger partial charge on any atom is -0.468 e. The molecule has 1 aliphatic rings. The fraction of sp³-hybridized carbons (Fsp3) is 0.400. The Balaban J connectivity index is 1.61. The third-order valence-electron chi connectivity index (χ3n) is 3.72. The lowest BCUT2D eigenvalue weighted by Crippen LogP contribution is -2.45. The van der Waals surface area contributed by atoms with Crippen molar-refractivity contribution in [2.45, 2.75) is 10.4 Å². The van der Waals surface area contributed by atoms with Crippen LogP contribution in [0.2, 0.25) is 5.02 Å². The maximum atomic E-state index is 12.5. The van der Waals surface area contributed by atoms with Crippen LogP contribution >= 0.6 is 35.1 Å². The molecule has 1 fully saturated rings. The van der Waals surface area contributed by atoms with Gasteiger partial charge in [-0.2, -0.15) is 4.68 Å². The van der Waals surface area contributed by atoms with Gasteiger partial charge in [0.2, 0.25) is 11.1 Å². The highest BCUT2D eigenvalue weighted by molar-refractivity contribution is 8.00. The molecule has 0 saturated carbocycles. The molecule has 11 heteroatoms. The molecule has 1 amide bonds. The molecule has 1 atom stereocenters. The number of ether oxygens (including phenoxy) is 1. The second-order valence-electron chi connectivity index (χ2n) is 5.36. The van der Waals surface area contributed by atoms with E-state index < -0.39 is 0 Å². The summed E-state index contributed by atoms with van der Waals surface area (Å²) in [4.78, 5) is 25.9. The van der Waals surface area contributed by atoms with Crippen LogP contribution in [-0.2, 0) is 14.3 Å². The standard InChI is InChI=1S/C15H16ClN5O3S2/c1-24-14(23)12-8-20(6-7-25-12)13(22)9-26-15-17-18-19-21(15)11-4-2-10(16)3-5-11/h2-5,12H,6-9H2,1H3/t12-/m0/s1. The van der Waals surface area contributed by atoms with Crippen LogP contribution in [0, 0.1) is 0 Å². The molecule has 1 aromatic carbocycles. The number of tetrazole rings is 1. The van der Waals surface area contributed by atoms with Gasteiger partial charge in [-0.3, -0.25) is 9.59 Å². The van der Waals surface area contributed by atoms with Crippen molar-refractivity contribution in [3.05, 3.63) is 29.3 Å². The van der Waals surface area contributed by atoms with Crippen LogP contribution in [0.5, 0.6) is 0 Å². The molecule has 8 nitrogen and oxygen atoms in total. The number of carbonyl (C=O) groups is 2. The average Bonchev–Trinajstić information content (AvgIpc) is 3.14. The number of carbonyl (C=O) groups excluding carboxylic acids is 2. The highest BCUT2D eigenvalue weighted by Gasteiger charge is 2.29. The second kappa shape index (κ2) is 8.74. The molecule has 0 aliphatic carbocycles. The summed E-state index contributed by atoms with van der Waals surface area (Å²) < 4.78 is 6.32. The fourth-order valence-corrected chi connectivity index (χ4v) is 4.43. The normalized spacial score (nSPS) is 17.2. The number of thioether (sulfide) groups is 2. The predicted octanol–water partition coefficient (Wildman–Crippen LogP) is 1.52. The Morgan fingerprint density at radius 3 is 2.88 bits per heavy atom. The number of esters is 1. The zero-order valence-corrected chi connectivity index (χ0v) is 16.3. The highest BCUT2D eigenvalue weighted by Crippen LogP contribution is 2.23. The summed E-state index contributed by atoms with van der Waals surface area (Å²) in [6, 6.07) is 7.09. The first-order chi connectivity index (χ1) is 12.6. The van der Waals surface area contributed by atoms with Crippen LogP contribution in [0.15, 0.2) is 29.4 Å². The van der Waals surface area contributed by atoms with E-state index in [0.29, 0.717) is 29.0 Å². The Morgan fingerprint density at radius 2 is 2.15 bits per heavy atom. The molecule has 0 radical (unpaired) electrons. The van der Waals surface area contributed by atoms with Crippen LogP contribution in [0.1, 0.15) is 0 Å². The molecular formula is C15H16ClN5O3S2. The summed E-state index contributed by atoms with van der Waals surface area (Å²) in [5.74, 6) is 0.535. The van der Waals surface area contributed by atoms with Crippen molar-refractivity contribution in [1.29, 1.82) is 0 Å². The molecule has 0 spiro atoms. The fourth-order valence-electron chi connectivity index (χ4n) is 2.38. The van der Waals surface area contributed by atoms with Gasteiger partial charge >= 0.3 is 5.97 Å². The molecule has 2 heterocycles. The number of amides is 1. The lowest BCUT2D eigenvalue weighted by molar-refractivity contribution is -0.141. The molecule has 1 aliphatic heterocycles. The van der Waals surface area contributed by atoms with Gasteiger partial charge in [-0.05, 0) is 34.7 Å². The average molecular weight is 414 g/mol. The smallest absolute Gasteiger partial charge is 0.320 e. The van der Waals surface area contributed by atoms with Crippen LogP contribution in [0.3, 0.4) is 0 Å². The van der Waals surface area contributed by atoms with Crippen molar-refractivity contribution in [3.63, 3.8) is 0 Å². The van der Waals surface area contributed by atoms with Crippen LogP contribution in [0.25, 0.3) is 5.69 Å². The first kappa shape index (κ1) is 19.0. The van der Waals surface area contributed by atoms with Gasteiger partial charge in [0.15, 0.2) is 0 Å². The Labute approximate surface area is 163 Å². The predicted molar refractivity (Wildman–Crippen MR) is 99.7 cm³/mol. The van der Waals surface area contributed by atoms with Crippen molar-refractivity contribution in [3.8, 4) is 5.69 Å². The highest BCUT2D eigenvalue weighted by atomic mass is 35.5. The van der Waals surface area contributed by atoms with Crippen LogP contribution in [-0.4, -0.2) is 73.9 Å². The summed E-state index contributed by atoms with van der Waals surface area (Å²) >= 11 is 8.66. The quantitative estimate of drug-likeness (QED) is 0.538. The molecule has 1 saturated heterocycles. The molecule has 26 heavy (non-hydrogen) atoms. The summed E-state index contributed by atoms with van der Waals surface area (Å²) in [6.45, 7) is 0.971. The van der Waals surface area contributed by atoms with Gasteiger partial charge in [0.05, 0.1) is 18.6 Å². The van der Waals surface area contributed by atoms with Crippen molar-refractivity contribution in [2.75, 3.05) is 31.7 Å². The maximum Gasteiger partial charge on any atom is 0.320 e. The molecule has 3 rings (SSSR count). The van der Waals surface area contributed by atoms with E-state index in [1.54, 1.807) is 33.8 Å². The monoisotopic (exact) mass is 413 g/mol. The van der Waals surface area contributed by atoms with E-state index >= 15 is 0 Å². The SMILES string of the molecule is COC(=O)[C@@H]1CN(C(=O)CSc2nnnn2-c2ccc(Cl)cc2)CCS1. The van der Waals surface area contributed by atoms with E-state index in [9.17, 15) is 9.59 Å². The zero-order valence-electron chi connectivity index (χ0n) is 13.9. The number of benzene rings is 1. The van der Waals surface area contributed by atoms with E-state index in [1.165, 1.54) is 30.6 Å². The van der Waals surface area contributed by atoms with E-state index in [2.05, 4.69) is 15.5 Å². The van der Waals surface area contributed by atoms with Gasteiger partial charge in [-0.1, -0.05) is 23.4 Å². The van der Waals surface area contributed by atoms with E-state index in [4.69, 9.17) is 16.3 Å². The maximum absolute atomic E-state index is 12.5. The number of nitrogens with zero attached hydrogens (tertiary/aromatic N) is 5. The summed E-state index contributed by atoms with van der Waals surface area (Å²) in [5, 5.41) is 12.4. The summed E-state index contributed by atoms with van der Waals surface area (Å²) in [7, 11) is 1.36. The Morgan fingerprint density at radius 1 is 1.38 bits per heavy atom.